The smallest absolute Gasteiger partial charge is 0.102 e. The number of hydrogen-bond donors (Lipinski definition) is 0. The van der Waals surface area contributed by atoms with Gasteiger partial charge in [0.1, 0.15) is 6.07 Å². The Hall–Kier alpha value is -1.08. The predicted octanol–water partition coefficient (Wildman–Crippen LogP) is 5.71. The van der Waals surface area contributed by atoms with E-state index < -0.39 is 0 Å². The first-order chi connectivity index (χ1) is 9.79. The van der Waals surface area contributed by atoms with Crippen molar-refractivity contribution in [1.29, 1.82) is 5.26 Å². The van der Waals surface area contributed by atoms with E-state index in [2.05, 4.69) is 12.1 Å². The number of hydrogen-bond acceptors (Lipinski definition) is 3. The highest BCUT2D eigenvalue weighted by atomic mass is 35.5. The number of allylic oxidation sites excluding steroid dienone is 1. The topological polar surface area (TPSA) is 23.8 Å². The van der Waals surface area contributed by atoms with Crippen LogP contribution in [0.25, 0.3) is 10.6 Å². The molecule has 2 heterocycles. The maximum atomic E-state index is 9.40. The maximum absolute atomic E-state index is 9.40. The first-order valence-corrected chi connectivity index (χ1v) is 8.82. The van der Waals surface area contributed by atoms with Gasteiger partial charge in [-0.15, -0.1) is 22.7 Å². The molecule has 102 valence electrons. The average molecular weight is 320 g/mol. The molecule has 0 saturated heterocycles. The SMILES string of the molecule is N#CC(=C(Cl)c1cc2c(s1)CCCCC2)c1cccs1. The summed E-state index contributed by atoms with van der Waals surface area (Å²) in [6.45, 7) is 0. The molecule has 0 saturated carbocycles. The molecular weight excluding hydrogens is 306 g/mol. The second-order valence-corrected chi connectivity index (χ2v) is 7.36. The molecule has 2 aromatic rings. The van der Waals surface area contributed by atoms with Gasteiger partial charge in [0.05, 0.1) is 10.6 Å². The normalized spacial score (nSPS) is 16.0. The second kappa shape index (κ2) is 6.13. The molecule has 0 fully saturated rings. The van der Waals surface area contributed by atoms with Gasteiger partial charge < -0.3 is 0 Å². The molecule has 4 heteroatoms. The van der Waals surface area contributed by atoms with Crippen LogP contribution in [0.2, 0.25) is 0 Å². The monoisotopic (exact) mass is 319 g/mol. The Balaban J connectivity index is 2.02. The van der Waals surface area contributed by atoms with Gasteiger partial charge in [-0.3, -0.25) is 0 Å². The van der Waals surface area contributed by atoms with Gasteiger partial charge in [0, 0.05) is 14.6 Å². The van der Waals surface area contributed by atoms with Crippen LogP contribution in [0, 0.1) is 11.3 Å². The van der Waals surface area contributed by atoms with Crippen LogP contribution in [-0.2, 0) is 12.8 Å². The van der Waals surface area contributed by atoms with Crippen molar-refractivity contribution in [1.82, 2.24) is 0 Å². The lowest BCUT2D eigenvalue weighted by Crippen LogP contribution is -1.82. The number of thiophene rings is 2. The zero-order chi connectivity index (χ0) is 13.9. The van der Waals surface area contributed by atoms with E-state index in [4.69, 9.17) is 11.6 Å². The number of nitrogens with zero attached hydrogens (tertiary/aromatic N) is 1. The van der Waals surface area contributed by atoms with Crippen molar-refractivity contribution in [2.75, 3.05) is 0 Å². The van der Waals surface area contributed by atoms with E-state index in [-0.39, 0.29) is 0 Å². The number of fused-ring (bicyclic) bond motifs is 1. The van der Waals surface area contributed by atoms with Gasteiger partial charge in [0.2, 0.25) is 0 Å². The summed E-state index contributed by atoms with van der Waals surface area (Å²) in [5.41, 5.74) is 2.03. The lowest BCUT2D eigenvalue weighted by Gasteiger charge is -1.99. The summed E-state index contributed by atoms with van der Waals surface area (Å²) >= 11 is 9.82. The third-order valence-electron chi connectivity index (χ3n) is 3.56. The quantitative estimate of drug-likeness (QED) is 0.514. The zero-order valence-electron chi connectivity index (χ0n) is 11.0. The fraction of sp³-hybridized carbons (Fsp3) is 0.312. The van der Waals surface area contributed by atoms with Gasteiger partial charge in [-0.05, 0) is 48.8 Å². The fourth-order valence-electron chi connectivity index (χ4n) is 2.53. The van der Waals surface area contributed by atoms with Crippen molar-refractivity contribution in [2.45, 2.75) is 32.1 Å². The molecule has 0 aromatic carbocycles. The Kier molecular flexibility index (Phi) is 4.26. The first-order valence-electron chi connectivity index (χ1n) is 6.75. The number of aryl methyl sites for hydroxylation is 2. The van der Waals surface area contributed by atoms with Crippen molar-refractivity contribution in [3.05, 3.63) is 43.8 Å². The Morgan fingerprint density at radius 1 is 1.20 bits per heavy atom. The van der Waals surface area contributed by atoms with E-state index in [1.54, 1.807) is 22.7 Å². The first kappa shape index (κ1) is 13.9. The molecule has 0 amide bonds. The molecule has 2 aromatic heterocycles. The molecule has 0 aliphatic heterocycles. The van der Waals surface area contributed by atoms with Crippen molar-refractivity contribution < 1.29 is 0 Å². The minimum absolute atomic E-state index is 0.595. The third-order valence-corrected chi connectivity index (χ3v) is 6.21. The van der Waals surface area contributed by atoms with Crippen LogP contribution in [0.5, 0.6) is 0 Å². The summed E-state index contributed by atoms with van der Waals surface area (Å²) in [5, 5.41) is 12.0. The second-order valence-electron chi connectivity index (χ2n) is 4.90. The van der Waals surface area contributed by atoms with E-state index in [9.17, 15) is 5.26 Å². The Labute approximate surface area is 132 Å². The van der Waals surface area contributed by atoms with Crippen molar-refractivity contribution in [2.24, 2.45) is 0 Å². The van der Waals surface area contributed by atoms with E-state index in [1.165, 1.54) is 29.7 Å². The Bertz CT molecular complexity index is 650. The van der Waals surface area contributed by atoms with Crippen molar-refractivity contribution in [3.8, 4) is 6.07 Å². The molecule has 0 bridgehead atoms. The van der Waals surface area contributed by atoms with Crippen LogP contribution in [0.3, 0.4) is 0 Å². The average Bonchev–Trinajstić information content (AvgIpc) is 3.06. The number of halogens is 1. The predicted molar refractivity (Wildman–Crippen MR) is 88.2 cm³/mol. The van der Waals surface area contributed by atoms with Gasteiger partial charge in [0.15, 0.2) is 0 Å². The summed E-state index contributed by atoms with van der Waals surface area (Å²) in [4.78, 5) is 3.45. The van der Waals surface area contributed by atoms with Crippen LogP contribution >= 0.6 is 34.3 Å². The van der Waals surface area contributed by atoms with Crippen LogP contribution in [0.15, 0.2) is 23.6 Å². The summed E-state index contributed by atoms with van der Waals surface area (Å²) in [7, 11) is 0. The fourth-order valence-corrected chi connectivity index (χ4v) is 4.83. The summed E-state index contributed by atoms with van der Waals surface area (Å²) in [5.74, 6) is 0. The van der Waals surface area contributed by atoms with Crippen LogP contribution < -0.4 is 0 Å². The third kappa shape index (κ3) is 2.69. The van der Waals surface area contributed by atoms with Crippen LogP contribution in [-0.4, -0.2) is 0 Å². The highest BCUT2D eigenvalue weighted by Gasteiger charge is 2.17. The summed E-state index contributed by atoms with van der Waals surface area (Å²) in [6, 6.07) is 8.35. The van der Waals surface area contributed by atoms with Gasteiger partial charge in [-0.1, -0.05) is 24.1 Å². The molecular formula is C16H14ClNS2. The highest BCUT2D eigenvalue weighted by molar-refractivity contribution is 7.14. The molecule has 1 aliphatic rings. The molecule has 0 atom stereocenters. The van der Waals surface area contributed by atoms with Crippen molar-refractivity contribution in [3.63, 3.8) is 0 Å². The molecule has 3 rings (SSSR count). The molecule has 0 unspecified atom stereocenters. The maximum Gasteiger partial charge on any atom is 0.102 e. The highest BCUT2D eigenvalue weighted by Crippen LogP contribution is 2.38. The minimum atomic E-state index is 0.595. The Morgan fingerprint density at radius 3 is 2.80 bits per heavy atom. The number of rotatable bonds is 2. The zero-order valence-corrected chi connectivity index (χ0v) is 13.4. The Morgan fingerprint density at radius 2 is 2.05 bits per heavy atom. The largest absolute Gasteiger partial charge is 0.192 e. The molecule has 0 N–H and O–H groups in total. The number of nitriles is 1. The minimum Gasteiger partial charge on any atom is -0.192 e. The van der Waals surface area contributed by atoms with Crippen LogP contribution in [0.4, 0.5) is 0 Å². The molecule has 0 radical (unpaired) electrons. The van der Waals surface area contributed by atoms with E-state index in [0.717, 1.165) is 22.6 Å². The van der Waals surface area contributed by atoms with Gasteiger partial charge in [0.25, 0.3) is 0 Å². The molecule has 1 aliphatic carbocycles. The summed E-state index contributed by atoms with van der Waals surface area (Å²) < 4.78 is 0. The lowest BCUT2D eigenvalue weighted by molar-refractivity contribution is 0.712. The van der Waals surface area contributed by atoms with Gasteiger partial charge >= 0.3 is 0 Å². The molecule has 20 heavy (non-hydrogen) atoms. The van der Waals surface area contributed by atoms with E-state index >= 15 is 0 Å². The van der Waals surface area contributed by atoms with Gasteiger partial charge in [-0.25, -0.2) is 0 Å². The van der Waals surface area contributed by atoms with E-state index in [1.807, 2.05) is 17.5 Å². The molecule has 0 spiro atoms. The van der Waals surface area contributed by atoms with Crippen LogP contribution in [0.1, 0.15) is 39.5 Å². The van der Waals surface area contributed by atoms with E-state index in [0.29, 0.717) is 10.6 Å². The molecule has 1 nitrogen and oxygen atoms in total. The van der Waals surface area contributed by atoms with Crippen molar-refractivity contribution >= 4 is 44.9 Å². The standard InChI is InChI=1S/C16H14ClNS2/c17-16(12(10-18)14-7-4-8-19-14)15-9-11-5-2-1-3-6-13(11)20-15/h4,7-9H,1-3,5-6H2. The lowest BCUT2D eigenvalue weighted by atomic mass is 10.1. The van der Waals surface area contributed by atoms with Gasteiger partial charge in [-0.2, -0.15) is 5.26 Å². The summed E-state index contributed by atoms with van der Waals surface area (Å²) in [6.07, 6.45) is 6.16.